The van der Waals surface area contributed by atoms with Gasteiger partial charge >= 0.3 is 0 Å². The average molecular weight is 730 g/mol. The first-order valence-corrected chi connectivity index (χ1v) is 19.1. The zero-order chi connectivity index (χ0) is 37.5. The number of aromatic nitrogens is 5. The molecule has 0 saturated heterocycles. The molecule has 8 aromatic carbocycles. The molecule has 0 radical (unpaired) electrons. The minimum Gasteiger partial charge on any atom is -0.455 e. The second kappa shape index (κ2) is 12.3. The number of nitrogens with zero attached hydrogens (tertiary/aromatic N) is 5. The summed E-state index contributed by atoms with van der Waals surface area (Å²) < 4.78 is 11.4. The quantitative estimate of drug-likeness (QED) is 0.177. The van der Waals surface area contributed by atoms with Gasteiger partial charge in [0.25, 0.3) is 0 Å². The van der Waals surface area contributed by atoms with Crippen LogP contribution in [0.25, 0.3) is 111 Å². The minimum atomic E-state index is 0.553. The van der Waals surface area contributed by atoms with Crippen molar-refractivity contribution in [2.24, 2.45) is 0 Å². The molecule has 12 rings (SSSR count). The lowest BCUT2D eigenvalue weighted by atomic mass is 10.0. The molecule has 0 aliphatic heterocycles. The topological polar surface area (TPSA) is 61.7 Å². The summed E-state index contributed by atoms with van der Waals surface area (Å²) in [6, 6.07) is 65.4. The Labute approximate surface area is 326 Å². The van der Waals surface area contributed by atoms with Crippen molar-refractivity contribution in [1.29, 1.82) is 0 Å². The fourth-order valence-corrected chi connectivity index (χ4v) is 8.61. The van der Waals surface area contributed by atoms with Crippen LogP contribution in [0.1, 0.15) is 0 Å². The van der Waals surface area contributed by atoms with Crippen molar-refractivity contribution in [3.05, 3.63) is 188 Å². The number of furan rings is 1. The van der Waals surface area contributed by atoms with Gasteiger partial charge in [0.05, 0.1) is 27.5 Å². The fraction of sp³-hybridized carbons (Fsp3) is 0. The van der Waals surface area contributed by atoms with Crippen molar-refractivity contribution >= 4 is 65.6 Å². The predicted octanol–water partition coefficient (Wildman–Crippen LogP) is 13.0. The minimum absolute atomic E-state index is 0.553. The van der Waals surface area contributed by atoms with Crippen LogP contribution in [0, 0.1) is 0 Å². The average Bonchev–Trinajstić information content (AvgIpc) is 3.94. The summed E-state index contributed by atoms with van der Waals surface area (Å²) >= 11 is 0. The molecule has 0 spiro atoms. The molecule has 0 aliphatic carbocycles. The molecule has 0 aliphatic rings. The fourth-order valence-electron chi connectivity index (χ4n) is 8.61. The van der Waals surface area contributed by atoms with Crippen molar-refractivity contribution in [3.63, 3.8) is 0 Å². The van der Waals surface area contributed by atoms with Crippen LogP contribution in [0.15, 0.2) is 192 Å². The zero-order valence-electron chi connectivity index (χ0n) is 30.5. The number of benzene rings is 8. The SMILES string of the molecule is c1ccc(-c2cccc(-c3nc(-c4ccc5c(c4)oc4c5ccc5c4c4ccccc4n5-c4ccccc4)nc(-n4c5ccccc5c5ccccc54)n3)c2)cc1. The summed E-state index contributed by atoms with van der Waals surface area (Å²) in [7, 11) is 0. The molecule has 0 amide bonds. The van der Waals surface area contributed by atoms with Crippen LogP contribution < -0.4 is 0 Å². The second-order valence-electron chi connectivity index (χ2n) is 14.4. The summed E-state index contributed by atoms with van der Waals surface area (Å²) in [5.74, 6) is 1.71. The van der Waals surface area contributed by atoms with E-state index in [2.05, 4.69) is 191 Å². The van der Waals surface area contributed by atoms with E-state index in [1.807, 2.05) is 6.07 Å². The van der Waals surface area contributed by atoms with E-state index in [-0.39, 0.29) is 0 Å². The van der Waals surface area contributed by atoms with E-state index >= 15 is 0 Å². The molecule has 4 heterocycles. The first-order chi connectivity index (χ1) is 28.3. The Hall–Kier alpha value is -7.83. The molecule has 0 saturated carbocycles. The maximum absolute atomic E-state index is 6.89. The summed E-state index contributed by atoms with van der Waals surface area (Å²) in [6.07, 6.45) is 0. The maximum atomic E-state index is 6.89. The Morgan fingerprint density at radius 1 is 0.351 bits per heavy atom. The molecule has 0 N–H and O–H groups in total. The van der Waals surface area contributed by atoms with E-state index in [1.54, 1.807) is 0 Å². The van der Waals surface area contributed by atoms with Crippen molar-refractivity contribution in [2.75, 3.05) is 0 Å². The number of fused-ring (bicyclic) bond motifs is 10. The van der Waals surface area contributed by atoms with Crippen LogP contribution in [-0.4, -0.2) is 24.1 Å². The van der Waals surface area contributed by atoms with Gasteiger partial charge in [-0.05, 0) is 71.8 Å². The van der Waals surface area contributed by atoms with Crippen LogP contribution >= 0.6 is 0 Å². The predicted molar refractivity (Wildman–Crippen MR) is 232 cm³/mol. The van der Waals surface area contributed by atoms with E-state index in [0.29, 0.717) is 17.6 Å². The van der Waals surface area contributed by atoms with Crippen LogP contribution in [0.4, 0.5) is 0 Å². The van der Waals surface area contributed by atoms with E-state index in [1.165, 1.54) is 0 Å². The molecular formula is C51H31N5O. The van der Waals surface area contributed by atoms with Gasteiger partial charge in [-0.1, -0.05) is 127 Å². The first-order valence-electron chi connectivity index (χ1n) is 19.1. The Morgan fingerprint density at radius 3 is 1.63 bits per heavy atom. The molecule has 0 fully saturated rings. The number of hydrogen-bond donors (Lipinski definition) is 0. The Balaban J connectivity index is 1.09. The lowest BCUT2D eigenvalue weighted by Crippen LogP contribution is -2.06. The van der Waals surface area contributed by atoms with Gasteiger partial charge < -0.3 is 8.98 Å². The smallest absolute Gasteiger partial charge is 0.238 e. The molecule has 57 heavy (non-hydrogen) atoms. The largest absolute Gasteiger partial charge is 0.455 e. The standard InChI is InChI=1S/C51H31N5O/c1-3-14-32(15-4-1)33-16-13-17-34(30-33)49-52-50(54-51(53-49)56-42-23-10-7-20-37(42)38-21-8-11-24-43(38)56)35-26-27-39-40-28-29-45-47(48(40)57-46(39)31-35)41-22-9-12-25-44(41)55(45)36-18-5-2-6-19-36/h1-31H. The number of rotatable bonds is 5. The van der Waals surface area contributed by atoms with Gasteiger partial charge in [0.1, 0.15) is 11.2 Å². The zero-order valence-corrected chi connectivity index (χ0v) is 30.5. The Morgan fingerprint density at radius 2 is 0.912 bits per heavy atom. The Kier molecular flexibility index (Phi) is 6.83. The molecule has 6 heteroatoms. The highest BCUT2D eigenvalue weighted by atomic mass is 16.3. The molecule has 0 unspecified atom stereocenters. The van der Waals surface area contributed by atoms with Crippen molar-refractivity contribution in [2.45, 2.75) is 0 Å². The van der Waals surface area contributed by atoms with Crippen LogP contribution in [-0.2, 0) is 0 Å². The lowest BCUT2D eigenvalue weighted by Gasteiger charge is -2.11. The normalized spacial score (nSPS) is 11.9. The molecule has 4 aromatic heterocycles. The first kappa shape index (κ1) is 31.5. The van der Waals surface area contributed by atoms with Crippen LogP contribution in [0.5, 0.6) is 0 Å². The van der Waals surface area contributed by atoms with E-state index in [9.17, 15) is 0 Å². The summed E-state index contributed by atoms with van der Waals surface area (Å²) in [4.78, 5) is 15.6. The van der Waals surface area contributed by atoms with Gasteiger partial charge in [-0.15, -0.1) is 0 Å². The number of hydrogen-bond acceptors (Lipinski definition) is 4. The molecular weight excluding hydrogens is 699 g/mol. The molecule has 12 aromatic rings. The van der Waals surface area contributed by atoms with Crippen molar-refractivity contribution in [1.82, 2.24) is 24.1 Å². The van der Waals surface area contributed by atoms with E-state index < -0.39 is 0 Å². The van der Waals surface area contributed by atoms with Gasteiger partial charge in [-0.25, -0.2) is 4.98 Å². The van der Waals surface area contributed by atoms with Gasteiger partial charge in [0.15, 0.2) is 11.6 Å². The molecule has 0 atom stereocenters. The van der Waals surface area contributed by atoms with Crippen molar-refractivity contribution < 1.29 is 4.42 Å². The Bertz CT molecular complexity index is 3470. The monoisotopic (exact) mass is 729 g/mol. The molecule has 266 valence electrons. The maximum Gasteiger partial charge on any atom is 0.238 e. The third-order valence-electron chi connectivity index (χ3n) is 11.2. The van der Waals surface area contributed by atoms with Crippen LogP contribution in [0.3, 0.4) is 0 Å². The summed E-state index contributed by atoms with van der Waals surface area (Å²) in [5, 5.41) is 6.65. The van der Waals surface area contributed by atoms with Crippen LogP contribution in [0.2, 0.25) is 0 Å². The summed E-state index contributed by atoms with van der Waals surface area (Å²) in [5.41, 5.74) is 11.0. The van der Waals surface area contributed by atoms with Crippen molar-refractivity contribution in [3.8, 4) is 45.5 Å². The molecule has 0 bridgehead atoms. The lowest BCUT2D eigenvalue weighted by molar-refractivity contribution is 0.673. The second-order valence-corrected chi connectivity index (χ2v) is 14.4. The third-order valence-corrected chi connectivity index (χ3v) is 11.2. The highest BCUT2D eigenvalue weighted by Crippen LogP contribution is 2.41. The summed E-state index contributed by atoms with van der Waals surface area (Å²) in [6.45, 7) is 0. The highest BCUT2D eigenvalue weighted by molar-refractivity contribution is 6.24. The highest BCUT2D eigenvalue weighted by Gasteiger charge is 2.21. The van der Waals surface area contributed by atoms with E-state index in [0.717, 1.165) is 93.5 Å². The molecule has 6 nitrogen and oxygen atoms in total. The third kappa shape index (κ3) is 4.87. The van der Waals surface area contributed by atoms with Gasteiger partial charge in [0.2, 0.25) is 5.95 Å². The van der Waals surface area contributed by atoms with Gasteiger partial charge in [0, 0.05) is 43.7 Å². The van der Waals surface area contributed by atoms with E-state index in [4.69, 9.17) is 19.4 Å². The van der Waals surface area contributed by atoms with Gasteiger partial charge in [-0.3, -0.25) is 4.57 Å². The van der Waals surface area contributed by atoms with Gasteiger partial charge in [-0.2, -0.15) is 9.97 Å². The number of para-hydroxylation sites is 4.